The number of imidazole rings is 1. The summed E-state index contributed by atoms with van der Waals surface area (Å²) in [6.07, 6.45) is -1.34. The third kappa shape index (κ3) is 3.92. The van der Waals surface area contributed by atoms with Gasteiger partial charge >= 0.3 is 12.2 Å². The number of pyridine rings is 2. The summed E-state index contributed by atoms with van der Waals surface area (Å²) < 4.78 is 66.2. The van der Waals surface area contributed by atoms with Crippen LogP contribution in [0.15, 0.2) is 35.6 Å². The molecule has 0 atom stereocenters. The lowest BCUT2D eigenvalue weighted by Crippen LogP contribution is -2.09. The SMILES string of the molecule is CCS(=O)(=O)c1cc(-c2cnc(O)nc2O)cnc1-c1nc2cc(C(F)(F)F)ncc2n1C. The first-order valence-electron chi connectivity index (χ1n) is 9.30. The Kier molecular flexibility index (Phi) is 5.19. The maximum Gasteiger partial charge on any atom is 0.433 e. The molecule has 0 aliphatic rings. The molecule has 4 heterocycles. The van der Waals surface area contributed by atoms with Crippen LogP contribution >= 0.6 is 0 Å². The molecule has 0 saturated heterocycles. The van der Waals surface area contributed by atoms with Gasteiger partial charge in [-0.15, -0.1) is 0 Å². The van der Waals surface area contributed by atoms with Crippen LogP contribution < -0.4 is 0 Å². The molecule has 0 amide bonds. The number of hydrogen-bond donors (Lipinski definition) is 2. The van der Waals surface area contributed by atoms with Crippen LogP contribution in [0.4, 0.5) is 13.2 Å². The fraction of sp³-hybridized carbons (Fsp3) is 0.211. The predicted octanol–water partition coefficient (Wildman–Crippen LogP) is 2.71. The summed E-state index contributed by atoms with van der Waals surface area (Å²) >= 11 is 0. The van der Waals surface area contributed by atoms with E-state index in [1.807, 2.05) is 0 Å². The minimum atomic E-state index is -4.67. The van der Waals surface area contributed by atoms with E-state index in [0.717, 1.165) is 18.5 Å². The number of aromatic nitrogens is 6. The highest BCUT2D eigenvalue weighted by atomic mass is 32.2. The van der Waals surface area contributed by atoms with Gasteiger partial charge in [0.25, 0.3) is 0 Å². The van der Waals surface area contributed by atoms with Gasteiger partial charge in [-0.05, 0) is 12.1 Å². The third-order valence-corrected chi connectivity index (χ3v) is 6.65. The largest absolute Gasteiger partial charge is 0.493 e. The average molecular weight is 480 g/mol. The molecule has 172 valence electrons. The van der Waals surface area contributed by atoms with Crippen LogP contribution in [-0.4, -0.2) is 53.9 Å². The van der Waals surface area contributed by atoms with E-state index in [2.05, 4.69) is 24.9 Å². The zero-order chi connectivity index (χ0) is 24.1. The predicted molar refractivity (Wildman–Crippen MR) is 109 cm³/mol. The van der Waals surface area contributed by atoms with Crippen molar-refractivity contribution in [2.45, 2.75) is 18.0 Å². The van der Waals surface area contributed by atoms with Gasteiger partial charge in [-0.3, -0.25) is 4.98 Å². The van der Waals surface area contributed by atoms with Crippen LogP contribution in [0.5, 0.6) is 11.9 Å². The van der Waals surface area contributed by atoms with Crippen LogP contribution in [0.1, 0.15) is 12.6 Å². The van der Waals surface area contributed by atoms with E-state index in [9.17, 15) is 31.8 Å². The smallest absolute Gasteiger partial charge is 0.433 e. The lowest BCUT2D eigenvalue weighted by molar-refractivity contribution is -0.141. The molecule has 33 heavy (non-hydrogen) atoms. The number of aromatic hydroxyl groups is 2. The molecule has 14 heteroatoms. The first kappa shape index (κ1) is 22.4. The molecule has 0 fully saturated rings. The van der Waals surface area contributed by atoms with Crippen LogP contribution in [0.3, 0.4) is 0 Å². The Morgan fingerprint density at radius 1 is 1.03 bits per heavy atom. The van der Waals surface area contributed by atoms with Gasteiger partial charge in [0.05, 0.1) is 33.4 Å². The molecule has 4 aromatic heterocycles. The number of alkyl halides is 3. The van der Waals surface area contributed by atoms with Crippen molar-refractivity contribution in [1.29, 1.82) is 0 Å². The molecule has 0 saturated carbocycles. The number of halogens is 3. The molecular formula is C19H15F3N6O4S. The zero-order valence-electron chi connectivity index (χ0n) is 17.0. The van der Waals surface area contributed by atoms with Gasteiger partial charge in [0, 0.05) is 25.0 Å². The Hall–Kier alpha value is -3.81. The zero-order valence-corrected chi connectivity index (χ0v) is 17.8. The van der Waals surface area contributed by atoms with Crippen molar-refractivity contribution in [3.05, 3.63) is 36.4 Å². The molecule has 10 nitrogen and oxygen atoms in total. The number of aryl methyl sites for hydroxylation is 1. The van der Waals surface area contributed by atoms with Gasteiger partial charge in [-0.1, -0.05) is 6.92 Å². The summed E-state index contributed by atoms with van der Waals surface area (Å²) in [5.41, 5.74) is -0.857. The van der Waals surface area contributed by atoms with Crippen molar-refractivity contribution in [2.75, 3.05) is 5.75 Å². The first-order chi connectivity index (χ1) is 15.4. The molecule has 4 rings (SSSR count). The van der Waals surface area contributed by atoms with E-state index in [1.165, 1.54) is 30.8 Å². The Morgan fingerprint density at radius 3 is 2.39 bits per heavy atom. The minimum Gasteiger partial charge on any atom is -0.493 e. The first-order valence-corrected chi connectivity index (χ1v) is 11.0. The number of hydrogen-bond acceptors (Lipinski definition) is 9. The van der Waals surface area contributed by atoms with Crippen molar-refractivity contribution in [2.24, 2.45) is 7.05 Å². The highest BCUT2D eigenvalue weighted by Crippen LogP contribution is 2.35. The lowest BCUT2D eigenvalue weighted by atomic mass is 10.1. The molecule has 0 aliphatic heterocycles. The molecular weight excluding hydrogens is 465 g/mol. The average Bonchev–Trinajstić information content (AvgIpc) is 3.08. The standard InChI is InChI=1S/C19H15F3N6O4S/c1-3-33(31,32)13-4-9(10-7-25-18(30)27-17(10)29)6-24-15(13)16-26-11-5-14(19(20,21)22)23-8-12(11)28(16)2/h4-8H,3H2,1-2H3,(H2,25,27,29,30). The number of nitrogens with zero attached hydrogens (tertiary/aromatic N) is 6. The molecule has 0 radical (unpaired) electrons. The highest BCUT2D eigenvalue weighted by Gasteiger charge is 2.33. The Bertz CT molecular complexity index is 1500. The van der Waals surface area contributed by atoms with Gasteiger partial charge in [-0.2, -0.15) is 18.2 Å². The molecule has 0 spiro atoms. The maximum absolute atomic E-state index is 13.0. The number of fused-ring (bicyclic) bond motifs is 1. The maximum atomic E-state index is 13.0. The van der Waals surface area contributed by atoms with Crippen molar-refractivity contribution in [3.8, 4) is 34.5 Å². The van der Waals surface area contributed by atoms with Crippen LogP contribution in [0.2, 0.25) is 0 Å². The Morgan fingerprint density at radius 2 is 1.76 bits per heavy atom. The van der Waals surface area contributed by atoms with Crippen LogP contribution in [-0.2, 0) is 23.1 Å². The fourth-order valence-electron chi connectivity index (χ4n) is 3.18. The van der Waals surface area contributed by atoms with E-state index in [4.69, 9.17) is 0 Å². The van der Waals surface area contributed by atoms with Crippen molar-refractivity contribution >= 4 is 20.9 Å². The number of sulfone groups is 1. The Balaban J connectivity index is 1.95. The highest BCUT2D eigenvalue weighted by molar-refractivity contribution is 7.91. The van der Waals surface area contributed by atoms with E-state index < -0.39 is 33.6 Å². The van der Waals surface area contributed by atoms with Gasteiger partial charge in [0.15, 0.2) is 15.7 Å². The van der Waals surface area contributed by atoms with Crippen molar-refractivity contribution < 1.29 is 31.8 Å². The van der Waals surface area contributed by atoms with E-state index in [0.29, 0.717) is 0 Å². The van der Waals surface area contributed by atoms with Gasteiger partial charge in [0.1, 0.15) is 11.4 Å². The fourth-order valence-corrected chi connectivity index (χ4v) is 4.23. The van der Waals surface area contributed by atoms with Gasteiger partial charge in [0.2, 0.25) is 5.88 Å². The topological polar surface area (TPSA) is 144 Å². The molecule has 0 unspecified atom stereocenters. The van der Waals surface area contributed by atoms with Gasteiger partial charge in [-0.25, -0.2) is 23.4 Å². The van der Waals surface area contributed by atoms with E-state index >= 15 is 0 Å². The quantitative estimate of drug-likeness (QED) is 0.450. The van der Waals surface area contributed by atoms with E-state index in [1.54, 1.807) is 0 Å². The van der Waals surface area contributed by atoms with Crippen molar-refractivity contribution in [3.63, 3.8) is 0 Å². The monoisotopic (exact) mass is 480 g/mol. The summed E-state index contributed by atoms with van der Waals surface area (Å²) in [5.74, 6) is -0.881. The minimum absolute atomic E-state index is 0.0101. The normalized spacial score (nSPS) is 12.4. The summed E-state index contributed by atoms with van der Waals surface area (Å²) in [4.78, 5) is 18.5. The summed E-state index contributed by atoms with van der Waals surface area (Å²) in [6.45, 7) is 1.42. The number of rotatable bonds is 4. The van der Waals surface area contributed by atoms with E-state index in [-0.39, 0.29) is 44.3 Å². The van der Waals surface area contributed by atoms with Crippen LogP contribution in [0.25, 0.3) is 33.7 Å². The third-order valence-electron chi connectivity index (χ3n) is 4.90. The van der Waals surface area contributed by atoms with Crippen LogP contribution in [0, 0.1) is 0 Å². The summed E-state index contributed by atoms with van der Waals surface area (Å²) in [5, 5.41) is 19.3. The van der Waals surface area contributed by atoms with Crippen molar-refractivity contribution in [1.82, 2.24) is 29.5 Å². The second-order valence-electron chi connectivity index (χ2n) is 6.93. The van der Waals surface area contributed by atoms with Gasteiger partial charge < -0.3 is 14.8 Å². The molecule has 0 aromatic carbocycles. The second-order valence-corrected chi connectivity index (χ2v) is 9.18. The molecule has 2 N–H and O–H groups in total. The Labute approximate surface area is 184 Å². The second kappa shape index (κ2) is 7.65. The molecule has 4 aromatic rings. The summed E-state index contributed by atoms with van der Waals surface area (Å²) in [6, 6.07) is 1.33. The summed E-state index contributed by atoms with van der Waals surface area (Å²) in [7, 11) is -2.40. The molecule has 0 bridgehead atoms. The molecule has 0 aliphatic carbocycles. The lowest BCUT2D eigenvalue weighted by Gasteiger charge is -2.11.